The standard InChI is InChI=1S/C9H19NO2/c1-4-7-9(12-8-11)10(5-2)6-3/h8-9H,4-7H2,1-3H3. The fourth-order valence-corrected chi connectivity index (χ4v) is 1.28. The molecule has 0 fully saturated rings. The lowest BCUT2D eigenvalue weighted by Crippen LogP contribution is -2.36. The maximum atomic E-state index is 10.2. The Morgan fingerprint density at radius 2 is 1.92 bits per heavy atom. The van der Waals surface area contributed by atoms with Gasteiger partial charge in [0.15, 0.2) is 6.23 Å². The summed E-state index contributed by atoms with van der Waals surface area (Å²) in [4.78, 5) is 12.3. The van der Waals surface area contributed by atoms with Gasteiger partial charge in [-0.2, -0.15) is 0 Å². The van der Waals surface area contributed by atoms with Gasteiger partial charge in [-0.15, -0.1) is 0 Å². The Morgan fingerprint density at radius 3 is 2.25 bits per heavy atom. The lowest BCUT2D eigenvalue weighted by molar-refractivity contribution is -0.143. The normalized spacial score (nSPS) is 13.0. The average Bonchev–Trinajstić information content (AvgIpc) is 2.07. The van der Waals surface area contributed by atoms with Crippen molar-refractivity contribution >= 4 is 6.47 Å². The van der Waals surface area contributed by atoms with E-state index in [1.165, 1.54) is 0 Å². The number of ether oxygens (including phenoxy) is 1. The molecular formula is C9H19NO2. The molecule has 3 nitrogen and oxygen atoms in total. The number of carbonyl (C=O) groups excluding carboxylic acids is 1. The third kappa shape index (κ3) is 3.72. The van der Waals surface area contributed by atoms with Crippen LogP contribution in [0.1, 0.15) is 33.6 Å². The number of hydrogen-bond acceptors (Lipinski definition) is 3. The molecule has 1 unspecified atom stereocenters. The van der Waals surface area contributed by atoms with Crippen LogP contribution < -0.4 is 0 Å². The maximum Gasteiger partial charge on any atom is 0.294 e. The summed E-state index contributed by atoms with van der Waals surface area (Å²) in [5, 5.41) is 0. The predicted octanol–water partition coefficient (Wildman–Crippen LogP) is 1.63. The van der Waals surface area contributed by atoms with Gasteiger partial charge in [-0.3, -0.25) is 9.69 Å². The summed E-state index contributed by atoms with van der Waals surface area (Å²) in [5.74, 6) is 0. The summed E-state index contributed by atoms with van der Waals surface area (Å²) in [7, 11) is 0. The van der Waals surface area contributed by atoms with E-state index in [0.717, 1.165) is 25.9 Å². The zero-order valence-corrected chi connectivity index (χ0v) is 8.25. The first-order chi connectivity index (χ1) is 5.79. The SMILES string of the molecule is CCCC(OC=O)N(CC)CC. The Bertz CT molecular complexity index is 113. The van der Waals surface area contributed by atoms with E-state index >= 15 is 0 Å². The quantitative estimate of drug-likeness (QED) is 0.433. The lowest BCUT2D eigenvalue weighted by Gasteiger charge is -2.27. The molecule has 0 amide bonds. The second-order valence-corrected chi connectivity index (χ2v) is 2.70. The van der Waals surface area contributed by atoms with Crippen LogP contribution >= 0.6 is 0 Å². The third-order valence-corrected chi connectivity index (χ3v) is 1.97. The van der Waals surface area contributed by atoms with Gasteiger partial charge in [-0.1, -0.05) is 27.2 Å². The fourth-order valence-electron chi connectivity index (χ4n) is 1.28. The second kappa shape index (κ2) is 7.10. The Balaban J connectivity index is 3.94. The molecule has 0 rings (SSSR count). The fraction of sp³-hybridized carbons (Fsp3) is 0.889. The molecule has 0 saturated heterocycles. The minimum atomic E-state index is -0.0255. The van der Waals surface area contributed by atoms with E-state index in [-0.39, 0.29) is 6.23 Å². The molecule has 0 aromatic carbocycles. The van der Waals surface area contributed by atoms with E-state index in [2.05, 4.69) is 25.7 Å². The van der Waals surface area contributed by atoms with Crippen molar-refractivity contribution in [3.63, 3.8) is 0 Å². The molecule has 0 aliphatic carbocycles. The Hall–Kier alpha value is -0.570. The molecule has 12 heavy (non-hydrogen) atoms. The molecule has 0 spiro atoms. The molecule has 72 valence electrons. The summed E-state index contributed by atoms with van der Waals surface area (Å²) in [6.45, 7) is 8.62. The van der Waals surface area contributed by atoms with Crippen molar-refractivity contribution in [2.24, 2.45) is 0 Å². The zero-order valence-electron chi connectivity index (χ0n) is 8.25. The van der Waals surface area contributed by atoms with Crippen molar-refractivity contribution in [2.75, 3.05) is 13.1 Å². The topological polar surface area (TPSA) is 29.5 Å². The molecule has 0 heterocycles. The van der Waals surface area contributed by atoms with Crippen molar-refractivity contribution in [3.8, 4) is 0 Å². The zero-order chi connectivity index (χ0) is 9.40. The first-order valence-corrected chi connectivity index (χ1v) is 4.63. The molecular weight excluding hydrogens is 154 g/mol. The highest BCUT2D eigenvalue weighted by Crippen LogP contribution is 2.06. The van der Waals surface area contributed by atoms with Crippen LogP contribution in [-0.4, -0.2) is 30.7 Å². The van der Waals surface area contributed by atoms with Gasteiger partial charge >= 0.3 is 0 Å². The van der Waals surface area contributed by atoms with E-state index in [9.17, 15) is 4.79 Å². The van der Waals surface area contributed by atoms with Gasteiger partial charge < -0.3 is 4.74 Å². The number of hydrogen-bond donors (Lipinski definition) is 0. The molecule has 0 aliphatic rings. The van der Waals surface area contributed by atoms with Gasteiger partial charge in [-0.05, 0) is 19.5 Å². The summed E-state index contributed by atoms with van der Waals surface area (Å²) < 4.78 is 4.97. The van der Waals surface area contributed by atoms with Crippen LogP contribution in [0.15, 0.2) is 0 Å². The molecule has 1 atom stereocenters. The molecule has 3 heteroatoms. The largest absolute Gasteiger partial charge is 0.449 e. The van der Waals surface area contributed by atoms with E-state index in [0.29, 0.717) is 6.47 Å². The van der Waals surface area contributed by atoms with Crippen LogP contribution in [-0.2, 0) is 9.53 Å². The monoisotopic (exact) mass is 173 g/mol. The summed E-state index contributed by atoms with van der Waals surface area (Å²) in [5.41, 5.74) is 0. The van der Waals surface area contributed by atoms with E-state index in [4.69, 9.17) is 4.74 Å². The summed E-state index contributed by atoms with van der Waals surface area (Å²) in [6.07, 6.45) is 1.93. The van der Waals surface area contributed by atoms with Crippen molar-refractivity contribution in [1.82, 2.24) is 4.90 Å². The van der Waals surface area contributed by atoms with Crippen molar-refractivity contribution < 1.29 is 9.53 Å². The van der Waals surface area contributed by atoms with E-state index in [1.807, 2.05) is 0 Å². The Labute approximate surface area is 74.7 Å². The van der Waals surface area contributed by atoms with Crippen LogP contribution in [0.5, 0.6) is 0 Å². The average molecular weight is 173 g/mol. The molecule has 0 aromatic heterocycles. The predicted molar refractivity (Wildman–Crippen MR) is 48.8 cm³/mol. The van der Waals surface area contributed by atoms with Gasteiger partial charge in [0.1, 0.15) is 0 Å². The number of rotatable bonds is 7. The highest BCUT2D eigenvalue weighted by molar-refractivity contribution is 5.37. The second-order valence-electron chi connectivity index (χ2n) is 2.70. The number of nitrogens with zero attached hydrogens (tertiary/aromatic N) is 1. The van der Waals surface area contributed by atoms with Gasteiger partial charge in [-0.25, -0.2) is 0 Å². The van der Waals surface area contributed by atoms with Gasteiger partial charge in [0.05, 0.1) is 0 Å². The van der Waals surface area contributed by atoms with Gasteiger partial charge in [0.2, 0.25) is 0 Å². The highest BCUT2D eigenvalue weighted by atomic mass is 16.5. The van der Waals surface area contributed by atoms with Crippen LogP contribution in [0, 0.1) is 0 Å². The molecule has 0 radical (unpaired) electrons. The Kier molecular flexibility index (Phi) is 6.76. The molecule has 0 aromatic rings. The highest BCUT2D eigenvalue weighted by Gasteiger charge is 2.14. The van der Waals surface area contributed by atoms with Crippen LogP contribution in [0.25, 0.3) is 0 Å². The smallest absolute Gasteiger partial charge is 0.294 e. The van der Waals surface area contributed by atoms with Gasteiger partial charge in [0.25, 0.3) is 6.47 Å². The summed E-state index contributed by atoms with van der Waals surface area (Å²) >= 11 is 0. The molecule has 0 N–H and O–H groups in total. The Morgan fingerprint density at radius 1 is 1.33 bits per heavy atom. The van der Waals surface area contributed by atoms with E-state index in [1.54, 1.807) is 0 Å². The van der Waals surface area contributed by atoms with Crippen molar-refractivity contribution in [2.45, 2.75) is 39.8 Å². The molecule has 0 saturated carbocycles. The lowest BCUT2D eigenvalue weighted by atomic mass is 10.3. The first-order valence-electron chi connectivity index (χ1n) is 4.63. The first kappa shape index (κ1) is 11.4. The van der Waals surface area contributed by atoms with Crippen molar-refractivity contribution in [1.29, 1.82) is 0 Å². The minimum Gasteiger partial charge on any atom is -0.449 e. The third-order valence-electron chi connectivity index (χ3n) is 1.97. The molecule has 0 aliphatic heterocycles. The molecule has 0 bridgehead atoms. The van der Waals surface area contributed by atoms with Gasteiger partial charge in [0, 0.05) is 0 Å². The van der Waals surface area contributed by atoms with E-state index < -0.39 is 0 Å². The van der Waals surface area contributed by atoms with Crippen LogP contribution in [0.2, 0.25) is 0 Å². The van der Waals surface area contributed by atoms with Crippen LogP contribution in [0.4, 0.5) is 0 Å². The van der Waals surface area contributed by atoms with Crippen molar-refractivity contribution in [3.05, 3.63) is 0 Å². The van der Waals surface area contributed by atoms with Crippen LogP contribution in [0.3, 0.4) is 0 Å². The summed E-state index contributed by atoms with van der Waals surface area (Å²) in [6, 6.07) is 0. The number of carbonyl (C=O) groups is 1. The maximum absolute atomic E-state index is 10.2. The minimum absolute atomic E-state index is 0.0255.